The normalized spacial score (nSPS) is 12.8. The van der Waals surface area contributed by atoms with Gasteiger partial charge in [-0.3, -0.25) is 0 Å². The zero-order chi connectivity index (χ0) is 13.5. The molecule has 18 heavy (non-hydrogen) atoms. The summed E-state index contributed by atoms with van der Waals surface area (Å²) in [4.78, 5) is 2.09. The molecule has 0 amide bonds. The van der Waals surface area contributed by atoms with E-state index >= 15 is 0 Å². The van der Waals surface area contributed by atoms with Crippen LogP contribution < -0.4 is 4.74 Å². The van der Waals surface area contributed by atoms with Crippen molar-refractivity contribution in [2.45, 2.75) is 19.4 Å². The first kappa shape index (κ1) is 15.6. The Morgan fingerprint density at radius 2 is 1.89 bits per heavy atom. The third kappa shape index (κ3) is 5.44. The number of aliphatic hydroxyl groups excluding tert-OH is 1. The molecule has 0 bridgehead atoms. The Morgan fingerprint density at radius 1 is 1.28 bits per heavy atom. The lowest BCUT2D eigenvalue weighted by Gasteiger charge is -2.18. The molecule has 0 radical (unpaired) electrons. The highest BCUT2D eigenvalue weighted by Gasteiger charge is 2.07. The molecule has 0 aliphatic rings. The van der Waals surface area contributed by atoms with Crippen LogP contribution in [-0.4, -0.2) is 42.9 Å². The van der Waals surface area contributed by atoms with E-state index in [1.54, 1.807) is 25.1 Å². The molecule has 1 rings (SSSR count). The van der Waals surface area contributed by atoms with Crippen LogP contribution in [0.4, 0.5) is 0 Å². The molecule has 1 atom stereocenters. The zero-order valence-corrected chi connectivity index (χ0v) is 12.2. The van der Waals surface area contributed by atoms with Crippen molar-refractivity contribution in [1.29, 1.82) is 0 Å². The highest BCUT2D eigenvalue weighted by molar-refractivity contribution is 6.37. The SMILES string of the molecule is CC(O)CCN(C)CCOc1c(Cl)cccc1Cl. The van der Waals surface area contributed by atoms with E-state index in [9.17, 15) is 5.11 Å². The summed E-state index contributed by atoms with van der Waals surface area (Å²) in [7, 11) is 1.99. The van der Waals surface area contributed by atoms with Gasteiger partial charge in [0.05, 0.1) is 16.1 Å². The number of halogens is 2. The van der Waals surface area contributed by atoms with Crippen molar-refractivity contribution in [2.24, 2.45) is 0 Å². The minimum Gasteiger partial charge on any atom is -0.489 e. The smallest absolute Gasteiger partial charge is 0.156 e. The van der Waals surface area contributed by atoms with Crippen LogP contribution in [0.3, 0.4) is 0 Å². The topological polar surface area (TPSA) is 32.7 Å². The van der Waals surface area contributed by atoms with E-state index in [0.717, 1.165) is 19.5 Å². The Morgan fingerprint density at radius 3 is 2.44 bits per heavy atom. The van der Waals surface area contributed by atoms with E-state index in [1.165, 1.54) is 0 Å². The quantitative estimate of drug-likeness (QED) is 0.838. The van der Waals surface area contributed by atoms with Gasteiger partial charge in [0, 0.05) is 13.1 Å². The van der Waals surface area contributed by atoms with E-state index in [-0.39, 0.29) is 6.10 Å². The standard InChI is InChI=1S/C13H19Cl2NO2/c1-10(17)6-7-16(2)8-9-18-13-11(14)4-3-5-12(13)15/h3-5,10,17H,6-9H2,1-2H3. The fourth-order valence-electron chi connectivity index (χ4n) is 1.44. The minimum atomic E-state index is -0.272. The number of aliphatic hydroxyl groups is 1. The van der Waals surface area contributed by atoms with Gasteiger partial charge in [-0.15, -0.1) is 0 Å². The molecular weight excluding hydrogens is 273 g/mol. The Bertz CT molecular complexity index is 352. The number of rotatable bonds is 7. The summed E-state index contributed by atoms with van der Waals surface area (Å²) in [5, 5.41) is 10.2. The number of hydrogen-bond acceptors (Lipinski definition) is 3. The van der Waals surface area contributed by atoms with Gasteiger partial charge in [-0.2, -0.15) is 0 Å². The fourth-order valence-corrected chi connectivity index (χ4v) is 1.95. The molecule has 0 saturated carbocycles. The first-order chi connectivity index (χ1) is 8.50. The third-order valence-electron chi connectivity index (χ3n) is 2.57. The maximum Gasteiger partial charge on any atom is 0.156 e. The van der Waals surface area contributed by atoms with Gasteiger partial charge >= 0.3 is 0 Å². The lowest BCUT2D eigenvalue weighted by molar-refractivity contribution is 0.157. The number of benzene rings is 1. The van der Waals surface area contributed by atoms with Crippen molar-refractivity contribution in [2.75, 3.05) is 26.7 Å². The Labute approximate surface area is 118 Å². The first-order valence-corrected chi connectivity index (χ1v) is 6.69. The number of likely N-dealkylation sites (N-methyl/N-ethyl adjacent to an activating group) is 1. The number of ether oxygens (including phenoxy) is 1. The van der Waals surface area contributed by atoms with E-state index in [0.29, 0.717) is 22.4 Å². The molecule has 1 aromatic carbocycles. The lowest BCUT2D eigenvalue weighted by atomic mass is 10.3. The fraction of sp³-hybridized carbons (Fsp3) is 0.538. The Kier molecular flexibility index (Phi) is 6.79. The highest BCUT2D eigenvalue weighted by atomic mass is 35.5. The van der Waals surface area contributed by atoms with E-state index < -0.39 is 0 Å². The third-order valence-corrected chi connectivity index (χ3v) is 3.16. The molecule has 0 fully saturated rings. The highest BCUT2D eigenvalue weighted by Crippen LogP contribution is 2.32. The van der Waals surface area contributed by atoms with Crippen molar-refractivity contribution in [3.8, 4) is 5.75 Å². The van der Waals surface area contributed by atoms with Crippen molar-refractivity contribution >= 4 is 23.2 Å². The summed E-state index contributed by atoms with van der Waals surface area (Å²) in [5.41, 5.74) is 0. The van der Waals surface area contributed by atoms with Gasteiger partial charge in [-0.25, -0.2) is 0 Å². The van der Waals surface area contributed by atoms with Crippen LogP contribution >= 0.6 is 23.2 Å². The second kappa shape index (κ2) is 7.85. The predicted molar refractivity (Wildman–Crippen MR) is 75.8 cm³/mol. The number of para-hydroxylation sites is 1. The van der Waals surface area contributed by atoms with Gasteiger partial charge < -0.3 is 14.7 Å². The molecule has 0 spiro atoms. The van der Waals surface area contributed by atoms with Crippen LogP contribution in [0.1, 0.15) is 13.3 Å². The molecule has 0 aromatic heterocycles. The van der Waals surface area contributed by atoms with E-state index in [4.69, 9.17) is 27.9 Å². The van der Waals surface area contributed by atoms with Gasteiger partial charge in [-0.1, -0.05) is 29.3 Å². The second-order valence-corrected chi connectivity index (χ2v) is 5.15. The molecule has 0 heterocycles. The average molecular weight is 292 g/mol. The van der Waals surface area contributed by atoms with Crippen LogP contribution in [-0.2, 0) is 0 Å². The second-order valence-electron chi connectivity index (χ2n) is 4.34. The molecule has 0 aliphatic heterocycles. The molecule has 102 valence electrons. The van der Waals surface area contributed by atoms with Gasteiger partial charge in [0.1, 0.15) is 6.61 Å². The predicted octanol–water partition coefficient (Wildman–Crippen LogP) is 3.07. The summed E-state index contributed by atoms with van der Waals surface area (Å²) in [6.07, 6.45) is 0.481. The van der Waals surface area contributed by atoms with Crippen molar-refractivity contribution in [3.05, 3.63) is 28.2 Å². The van der Waals surface area contributed by atoms with Crippen LogP contribution in [0.15, 0.2) is 18.2 Å². The summed E-state index contributed by atoms with van der Waals surface area (Å²) in [6, 6.07) is 5.28. The summed E-state index contributed by atoms with van der Waals surface area (Å²) in [6.45, 7) is 3.89. The lowest BCUT2D eigenvalue weighted by Crippen LogP contribution is -2.27. The number of hydrogen-bond donors (Lipinski definition) is 1. The van der Waals surface area contributed by atoms with Gasteiger partial charge in [0.2, 0.25) is 0 Å². The first-order valence-electron chi connectivity index (χ1n) is 5.94. The van der Waals surface area contributed by atoms with Crippen LogP contribution in [0.2, 0.25) is 10.0 Å². The van der Waals surface area contributed by atoms with Crippen molar-refractivity contribution in [3.63, 3.8) is 0 Å². The summed E-state index contributed by atoms with van der Waals surface area (Å²) in [5.74, 6) is 0.532. The molecule has 0 saturated heterocycles. The monoisotopic (exact) mass is 291 g/mol. The molecule has 1 N–H and O–H groups in total. The molecule has 0 aliphatic carbocycles. The van der Waals surface area contributed by atoms with E-state index in [2.05, 4.69) is 4.90 Å². The molecule has 1 aromatic rings. The average Bonchev–Trinajstić information content (AvgIpc) is 2.30. The molecule has 5 heteroatoms. The van der Waals surface area contributed by atoms with Crippen molar-refractivity contribution < 1.29 is 9.84 Å². The summed E-state index contributed by atoms with van der Waals surface area (Å²) < 4.78 is 5.58. The maximum absolute atomic E-state index is 9.18. The minimum absolute atomic E-state index is 0.272. The van der Waals surface area contributed by atoms with Crippen LogP contribution in [0, 0.1) is 0 Å². The zero-order valence-electron chi connectivity index (χ0n) is 10.7. The maximum atomic E-state index is 9.18. The largest absolute Gasteiger partial charge is 0.489 e. The Balaban J connectivity index is 2.33. The summed E-state index contributed by atoms with van der Waals surface area (Å²) >= 11 is 12.0. The molecular formula is C13H19Cl2NO2. The molecule has 1 unspecified atom stereocenters. The van der Waals surface area contributed by atoms with Crippen LogP contribution in [0.25, 0.3) is 0 Å². The Hall–Kier alpha value is -0.480. The molecule has 3 nitrogen and oxygen atoms in total. The van der Waals surface area contributed by atoms with Gasteiger partial charge in [0.25, 0.3) is 0 Å². The number of nitrogens with zero attached hydrogens (tertiary/aromatic N) is 1. The van der Waals surface area contributed by atoms with Crippen LogP contribution in [0.5, 0.6) is 5.75 Å². The van der Waals surface area contributed by atoms with Gasteiger partial charge in [0.15, 0.2) is 5.75 Å². The van der Waals surface area contributed by atoms with Gasteiger partial charge in [-0.05, 0) is 32.5 Å². The van der Waals surface area contributed by atoms with Crippen molar-refractivity contribution in [1.82, 2.24) is 4.90 Å². The van der Waals surface area contributed by atoms with E-state index in [1.807, 2.05) is 7.05 Å².